The van der Waals surface area contributed by atoms with E-state index in [9.17, 15) is 36.7 Å². The molecule has 0 bridgehead atoms. The van der Waals surface area contributed by atoms with E-state index < -0.39 is 64.6 Å². The Hall–Kier alpha value is -3.48. The summed E-state index contributed by atoms with van der Waals surface area (Å²) >= 11 is 0. The summed E-state index contributed by atoms with van der Waals surface area (Å²) in [7, 11) is 1.01. The SMILES string of the molecule is COc1c([C@@H]2[C@@H](C(=O)Nc3cc[n+]([O-])c(C(N)=O)c3)O[C@@](C)(C(F)(F)F)[C@@H]2C)ccc(F)c1F. The zero-order chi connectivity index (χ0) is 25.6. The van der Waals surface area contributed by atoms with E-state index >= 15 is 0 Å². The quantitative estimate of drug-likeness (QED) is 0.381. The van der Waals surface area contributed by atoms with Crippen LogP contribution in [0.2, 0.25) is 0 Å². The fourth-order valence-corrected chi connectivity index (χ4v) is 4.00. The van der Waals surface area contributed by atoms with Gasteiger partial charge in [-0.3, -0.25) is 9.59 Å². The number of aromatic nitrogens is 1. The van der Waals surface area contributed by atoms with Crippen molar-refractivity contribution in [1.82, 2.24) is 0 Å². The zero-order valence-corrected chi connectivity index (χ0v) is 18.1. The average molecular weight is 489 g/mol. The fourth-order valence-electron chi connectivity index (χ4n) is 4.00. The second kappa shape index (κ2) is 8.70. The van der Waals surface area contributed by atoms with Gasteiger partial charge in [-0.25, -0.2) is 4.39 Å². The highest BCUT2D eigenvalue weighted by atomic mass is 19.4. The Kier molecular flexibility index (Phi) is 6.44. The van der Waals surface area contributed by atoms with Gasteiger partial charge in [0, 0.05) is 29.5 Å². The topological polar surface area (TPSA) is 118 Å². The number of halogens is 5. The van der Waals surface area contributed by atoms with Gasteiger partial charge >= 0.3 is 12.1 Å². The van der Waals surface area contributed by atoms with Crippen molar-refractivity contribution in [3.05, 3.63) is 58.6 Å². The van der Waals surface area contributed by atoms with Crippen LogP contribution in [0.5, 0.6) is 5.75 Å². The molecule has 0 unspecified atom stereocenters. The average Bonchev–Trinajstić information content (AvgIpc) is 3.03. The van der Waals surface area contributed by atoms with Crippen LogP contribution in [0.15, 0.2) is 30.5 Å². The number of nitrogens with two attached hydrogens (primary N) is 1. The van der Waals surface area contributed by atoms with E-state index in [4.69, 9.17) is 15.2 Å². The normalized spacial score (nSPS) is 24.6. The van der Waals surface area contributed by atoms with Crippen molar-refractivity contribution in [1.29, 1.82) is 0 Å². The van der Waals surface area contributed by atoms with Crippen LogP contribution in [0.4, 0.5) is 27.6 Å². The van der Waals surface area contributed by atoms with Crippen LogP contribution < -0.4 is 20.5 Å². The van der Waals surface area contributed by atoms with E-state index in [0.717, 1.165) is 38.4 Å². The summed E-state index contributed by atoms with van der Waals surface area (Å²) in [6, 6.07) is 3.76. The Balaban J connectivity index is 2.08. The maximum absolute atomic E-state index is 14.4. The van der Waals surface area contributed by atoms with E-state index in [1.807, 2.05) is 0 Å². The first-order valence-electron chi connectivity index (χ1n) is 9.83. The number of nitrogens with one attached hydrogen (secondary N) is 1. The van der Waals surface area contributed by atoms with Crippen LogP contribution in [-0.4, -0.2) is 36.8 Å². The van der Waals surface area contributed by atoms with E-state index in [0.29, 0.717) is 6.07 Å². The van der Waals surface area contributed by atoms with Crippen molar-refractivity contribution >= 4 is 17.5 Å². The van der Waals surface area contributed by atoms with Gasteiger partial charge in [-0.05, 0) is 13.0 Å². The standard InChI is InChI=1S/C21H20F5N3O5/c1-9-14(11-4-5-12(22)15(23)16(11)33-3)17(34-20(9,2)21(24,25)26)19(31)28-10-6-7-29(32)13(8-10)18(27)30/h4-9,14,17H,1-3H3,(H2,27,30)(H,28,31)/t9-,14-,17+,20-/m1/s1. The van der Waals surface area contributed by atoms with Gasteiger partial charge in [-0.15, -0.1) is 0 Å². The number of pyridine rings is 1. The lowest BCUT2D eigenvalue weighted by Crippen LogP contribution is -2.47. The minimum atomic E-state index is -4.93. The predicted molar refractivity (Wildman–Crippen MR) is 107 cm³/mol. The van der Waals surface area contributed by atoms with Crippen LogP contribution in [0.25, 0.3) is 0 Å². The van der Waals surface area contributed by atoms with Crippen molar-refractivity contribution in [2.24, 2.45) is 11.7 Å². The lowest BCUT2D eigenvalue weighted by Gasteiger charge is -2.32. The van der Waals surface area contributed by atoms with Gasteiger partial charge in [0.1, 0.15) is 6.10 Å². The lowest BCUT2D eigenvalue weighted by atomic mass is 9.77. The molecule has 2 amide bonds. The lowest BCUT2D eigenvalue weighted by molar-refractivity contribution is -0.607. The summed E-state index contributed by atoms with van der Waals surface area (Å²) in [6.45, 7) is 1.92. The predicted octanol–water partition coefficient (Wildman–Crippen LogP) is 2.78. The van der Waals surface area contributed by atoms with Crippen LogP contribution in [0, 0.1) is 22.8 Å². The number of rotatable bonds is 5. The molecule has 1 aromatic heterocycles. The number of ether oxygens (including phenoxy) is 2. The Morgan fingerprint density at radius 3 is 2.47 bits per heavy atom. The number of hydrogen-bond acceptors (Lipinski definition) is 5. The van der Waals surface area contributed by atoms with Gasteiger partial charge in [0.15, 0.2) is 23.4 Å². The number of anilines is 1. The maximum atomic E-state index is 14.4. The van der Waals surface area contributed by atoms with Crippen molar-refractivity contribution in [2.45, 2.75) is 37.6 Å². The smallest absolute Gasteiger partial charge is 0.417 e. The molecule has 3 rings (SSSR count). The third kappa shape index (κ3) is 4.11. The molecular formula is C21H20F5N3O5. The Morgan fingerprint density at radius 1 is 1.26 bits per heavy atom. The summed E-state index contributed by atoms with van der Waals surface area (Å²) in [5.41, 5.74) is 1.40. The molecule has 1 aromatic carbocycles. The largest absolute Gasteiger partial charge is 0.618 e. The number of benzene rings is 1. The molecule has 8 nitrogen and oxygen atoms in total. The van der Waals surface area contributed by atoms with Crippen LogP contribution >= 0.6 is 0 Å². The molecule has 2 aromatic rings. The minimum absolute atomic E-state index is 0.126. The summed E-state index contributed by atoms with van der Waals surface area (Å²) < 4.78 is 80.2. The second-order valence-corrected chi connectivity index (χ2v) is 7.92. The summed E-state index contributed by atoms with van der Waals surface area (Å²) in [5, 5.41) is 13.9. The zero-order valence-electron chi connectivity index (χ0n) is 18.1. The number of carbonyl (C=O) groups is 2. The van der Waals surface area contributed by atoms with E-state index in [2.05, 4.69) is 5.32 Å². The van der Waals surface area contributed by atoms with Crippen LogP contribution in [0.1, 0.15) is 35.8 Å². The summed E-state index contributed by atoms with van der Waals surface area (Å²) in [6.07, 6.45) is -5.90. The van der Waals surface area contributed by atoms with Crippen molar-refractivity contribution in [3.63, 3.8) is 0 Å². The molecule has 0 aliphatic carbocycles. The van der Waals surface area contributed by atoms with E-state index in [1.54, 1.807) is 0 Å². The van der Waals surface area contributed by atoms with Gasteiger partial charge in [0.25, 0.3) is 11.6 Å². The minimum Gasteiger partial charge on any atom is -0.618 e. The number of hydrogen-bond donors (Lipinski definition) is 2. The first-order chi connectivity index (χ1) is 15.7. The Bertz CT molecular complexity index is 1140. The highest BCUT2D eigenvalue weighted by molar-refractivity contribution is 5.97. The molecule has 1 fully saturated rings. The van der Waals surface area contributed by atoms with Gasteiger partial charge in [0.05, 0.1) is 12.8 Å². The number of alkyl halides is 3. The van der Waals surface area contributed by atoms with E-state index in [-0.39, 0.29) is 16.0 Å². The third-order valence-corrected chi connectivity index (χ3v) is 6.01. The first-order valence-corrected chi connectivity index (χ1v) is 9.83. The molecule has 0 radical (unpaired) electrons. The summed E-state index contributed by atoms with van der Waals surface area (Å²) in [4.78, 5) is 24.4. The number of methoxy groups -OCH3 is 1. The number of nitrogens with zero attached hydrogens (tertiary/aromatic N) is 1. The van der Waals surface area contributed by atoms with Gasteiger partial charge in [0.2, 0.25) is 5.82 Å². The first kappa shape index (κ1) is 25.1. The van der Waals surface area contributed by atoms with Crippen LogP contribution in [0.3, 0.4) is 0 Å². The Morgan fingerprint density at radius 2 is 1.91 bits per heavy atom. The summed E-state index contributed by atoms with van der Waals surface area (Å²) in [5.74, 6) is -8.43. The second-order valence-electron chi connectivity index (χ2n) is 7.92. The molecule has 1 aliphatic heterocycles. The molecule has 0 spiro atoms. The molecule has 0 saturated carbocycles. The number of carbonyl (C=O) groups excluding carboxylic acids is 2. The maximum Gasteiger partial charge on any atom is 0.417 e. The van der Waals surface area contributed by atoms with Crippen molar-refractivity contribution in [2.75, 3.05) is 12.4 Å². The highest BCUT2D eigenvalue weighted by Crippen LogP contribution is 2.55. The molecule has 184 valence electrons. The number of primary amides is 1. The molecule has 2 heterocycles. The molecule has 3 N–H and O–H groups in total. The van der Waals surface area contributed by atoms with Crippen LogP contribution in [-0.2, 0) is 9.53 Å². The molecule has 1 saturated heterocycles. The fraction of sp³-hybridized carbons (Fsp3) is 0.381. The van der Waals surface area contributed by atoms with Gasteiger partial charge in [-0.2, -0.15) is 22.3 Å². The molecule has 4 atom stereocenters. The van der Waals surface area contributed by atoms with Gasteiger partial charge < -0.3 is 25.7 Å². The van der Waals surface area contributed by atoms with Crippen molar-refractivity contribution < 1.29 is 45.7 Å². The molecule has 13 heteroatoms. The molecule has 34 heavy (non-hydrogen) atoms. The third-order valence-electron chi connectivity index (χ3n) is 6.01. The van der Waals surface area contributed by atoms with Gasteiger partial charge in [-0.1, -0.05) is 13.0 Å². The Labute approximate surface area is 190 Å². The monoisotopic (exact) mass is 489 g/mol. The van der Waals surface area contributed by atoms with Crippen molar-refractivity contribution in [3.8, 4) is 5.75 Å². The highest BCUT2D eigenvalue weighted by Gasteiger charge is 2.65. The molecule has 1 aliphatic rings. The van der Waals surface area contributed by atoms with E-state index in [1.165, 1.54) is 6.92 Å². The number of amides is 2. The molecular weight excluding hydrogens is 469 g/mol.